The van der Waals surface area contributed by atoms with E-state index in [1.165, 1.54) is 0 Å². The molecule has 0 saturated heterocycles. The Morgan fingerprint density at radius 2 is 0.867 bits per heavy atom. The first-order chi connectivity index (χ1) is 13.5. The van der Waals surface area contributed by atoms with Gasteiger partial charge in [-0.05, 0) is 32.7 Å². The Kier molecular flexibility index (Phi) is 10.5. The van der Waals surface area contributed by atoms with Crippen LogP contribution < -0.4 is 47.9 Å². The van der Waals surface area contributed by atoms with Crippen molar-refractivity contribution < 1.29 is 57.5 Å². The Hall–Kier alpha value is -2.47. The van der Waals surface area contributed by atoms with Crippen LogP contribution in [0.4, 0.5) is 0 Å². The molecule has 0 heterocycles. The smallest absolute Gasteiger partial charge is 0.550 e. The van der Waals surface area contributed by atoms with E-state index < -0.39 is 11.9 Å². The van der Waals surface area contributed by atoms with Crippen molar-refractivity contribution in [3.8, 4) is 0 Å². The predicted octanol–water partition coefficient (Wildman–Crippen LogP) is -3.73. The van der Waals surface area contributed by atoms with Crippen LogP contribution in [0.1, 0.15) is 11.1 Å². The molecular formula is C24H18Li2O4. The van der Waals surface area contributed by atoms with Crippen LogP contribution in [0, 0.1) is 0 Å². The molecule has 4 nitrogen and oxygen atoms in total. The summed E-state index contributed by atoms with van der Waals surface area (Å²) in [6.07, 6.45) is -0.0529. The molecule has 0 radical (unpaired) electrons. The van der Waals surface area contributed by atoms with Crippen LogP contribution in [0.5, 0.6) is 0 Å². The summed E-state index contributed by atoms with van der Waals surface area (Å²) in [4.78, 5) is 21.0. The first-order valence-electron chi connectivity index (χ1n) is 8.87. The molecule has 0 amide bonds. The quantitative estimate of drug-likeness (QED) is 0.339. The molecular weight excluding hydrogens is 366 g/mol. The monoisotopic (exact) mass is 384 g/mol. The molecule has 0 aliphatic carbocycles. The zero-order valence-electron chi connectivity index (χ0n) is 17.1. The second-order valence-electron chi connectivity index (χ2n) is 6.37. The first-order valence-corrected chi connectivity index (χ1v) is 8.87. The van der Waals surface area contributed by atoms with Crippen molar-refractivity contribution in [1.82, 2.24) is 0 Å². The number of carboxylic acids is 2. The molecule has 0 bridgehead atoms. The minimum Gasteiger partial charge on any atom is -0.550 e. The molecule has 140 valence electrons. The van der Waals surface area contributed by atoms with E-state index in [9.17, 15) is 19.8 Å². The van der Waals surface area contributed by atoms with Crippen LogP contribution in [0.15, 0.2) is 84.9 Å². The SMILES string of the molecule is O=C([O-])Cc1cccc2ccccc12.O=C([O-])Cc1cccc2ccccc12.[Li+].[Li+]. The summed E-state index contributed by atoms with van der Waals surface area (Å²) in [6, 6.07) is 26.8. The van der Waals surface area contributed by atoms with Gasteiger partial charge in [0.1, 0.15) is 0 Å². The third-order valence-corrected chi connectivity index (χ3v) is 4.43. The summed E-state index contributed by atoms with van der Waals surface area (Å²) < 4.78 is 0. The third kappa shape index (κ3) is 6.80. The first kappa shape index (κ1) is 25.6. The van der Waals surface area contributed by atoms with Gasteiger partial charge < -0.3 is 19.8 Å². The van der Waals surface area contributed by atoms with Gasteiger partial charge >= 0.3 is 37.7 Å². The fraction of sp³-hybridized carbons (Fsp3) is 0.0833. The van der Waals surface area contributed by atoms with E-state index in [4.69, 9.17) is 0 Å². The maximum absolute atomic E-state index is 10.5. The van der Waals surface area contributed by atoms with E-state index in [2.05, 4.69) is 0 Å². The molecule has 4 rings (SSSR count). The molecule has 30 heavy (non-hydrogen) atoms. The number of benzene rings is 4. The second kappa shape index (κ2) is 12.3. The van der Waals surface area contributed by atoms with E-state index in [0.29, 0.717) is 0 Å². The number of carbonyl (C=O) groups excluding carboxylic acids is 2. The minimum atomic E-state index is -1.04. The molecule has 4 aromatic rings. The van der Waals surface area contributed by atoms with E-state index in [0.717, 1.165) is 32.7 Å². The summed E-state index contributed by atoms with van der Waals surface area (Å²) in [6.45, 7) is 0. The zero-order valence-corrected chi connectivity index (χ0v) is 17.1. The van der Waals surface area contributed by atoms with E-state index >= 15 is 0 Å². The summed E-state index contributed by atoms with van der Waals surface area (Å²) in [7, 11) is 0. The number of fused-ring (bicyclic) bond motifs is 2. The van der Waals surface area contributed by atoms with Gasteiger partial charge in [0.2, 0.25) is 0 Å². The average Bonchev–Trinajstić information content (AvgIpc) is 2.68. The molecule has 0 spiro atoms. The van der Waals surface area contributed by atoms with Gasteiger partial charge in [0.15, 0.2) is 0 Å². The van der Waals surface area contributed by atoms with Gasteiger partial charge in [0, 0.05) is 24.8 Å². The Morgan fingerprint density at radius 1 is 0.533 bits per heavy atom. The molecule has 6 heteroatoms. The van der Waals surface area contributed by atoms with Gasteiger partial charge in [-0.1, -0.05) is 84.9 Å². The Balaban J connectivity index is 0.000000281. The summed E-state index contributed by atoms with van der Waals surface area (Å²) in [5.74, 6) is -2.08. The van der Waals surface area contributed by atoms with Crippen molar-refractivity contribution in [3.63, 3.8) is 0 Å². The number of hydrogen-bond acceptors (Lipinski definition) is 4. The molecule has 0 unspecified atom stereocenters. The number of hydrogen-bond donors (Lipinski definition) is 0. The van der Waals surface area contributed by atoms with Crippen LogP contribution in [0.3, 0.4) is 0 Å². The molecule has 4 aromatic carbocycles. The number of aliphatic carboxylic acids is 2. The van der Waals surface area contributed by atoms with Crippen molar-refractivity contribution in [3.05, 3.63) is 96.1 Å². The fourth-order valence-corrected chi connectivity index (χ4v) is 3.20. The Labute approximate surface area is 199 Å². The summed E-state index contributed by atoms with van der Waals surface area (Å²) >= 11 is 0. The number of rotatable bonds is 4. The van der Waals surface area contributed by atoms with Gasteiger partial charge in [-0.3, -0.25) is 0 Å². The summed E-state index contributed by atoms with van der Waals surface area (Å²) in [5.41, 5.74) is 1.62. The molecule has 0 atom stereocenters. The number of carbonyl (C=O) groups is 2. The molecule has 0 saturated carbocycles. The van der Waals surface area contributed by atoms with E-state index in [-0.39, 0.29) is 50.6 Å². The van der Waals surface area contributed by atoms with Crippen LogP contribution in [0.2, 0.25) is 0 Å². The topological polar surface area (TPSA) is 80.3 Å². The van der Waals surface area contributed by atoms with Gasteiger partial charge in [0.05, 0.1) is 0 Å². The number of carboxylic acid groups (broad SMARTS) is 2. The molecule has 0 aliphatic heterocycles. The Bertz CT molecular complexity index is 1040. The van der Waals surface area contributed by atoms with Gasteiger partial charge in [-0.15, -0.1) is 0 Å². The maximum atomic E-state index is 10.5. The van der Waals surface area contributed by atoms with Crippen molar-refractivity contribution in [2.24, 2.45) is 0 Å². The van der Waals surface area contributed by atoms with Crippen molar-refractivity contribution in [2.75, 3.05) is 0 Å². The Morgan fingerprint density at radius 3 is 1.23 bits per heavy atom. The third-order valence-electron chi connectivity index (χ3n) is 4.43. The summed E-state index contributed by atoms with van der Waals surface area (Å²) in [5, 5.41) is 25.1. The second-order valence-corrected chi connectivity index (χ2v) is 6.37. The van der Waals surface area contributed by atoms with Gasteiger partial charge in [0.25, 0.3) is 0 Å². The van der Waals surface area contributed by atoms with Gasteiger partial charge in [-0.25, -0.2) is 0 Å². The molecule has 0 fully saturated rings. The van der Waals surface area contributed by atoms with Gasteiger partial charge in [-0.2, -0.15) is 0 Å². The predicted molar refractivity (Wildman–Crippen MR) is 105 cm³/mol. The van der Waals surface area contributed by atoms with Crippen LogP contribution in [0.25, 0.3) is 21.5 Å². The molecule has 0 aromatic heterocycles. The standard InChI is InChI=1S/2C12H10O2.2Li/c2*13-12(14)8-10-6-3-5-9-4-1-2-7-11(9)10;;/h2*1-7H,8H2,(H,13,14);;/q;;2*+1/p-2. The molecule has 0 N–H and O–H groups in total. The molecule has 0 aliphatic rings. The minimum absolute atomic E-state index is 0. The normalized spacial score (nSPS) is 9.60. The fourth-order valence-electron chi connectivity index (χ4n) is 3.20. The van der Waals surface area contributed by atoms with E-state index in [1.807, 2.05) is 84.9 Å². The maximum Gasteiger partial charge on any atom is 1.00 e. The van der Waals surface area contributed by atoms with Crippen LogP contribution in [-0.4, -0.2) is 11.9 Å². The van der Waals surface area contributed by atoms with E-state index in [1.54, 1.807) is 0 Å². The average molecular weight is 384 g/mol. The van der Waals surface area contributed by atoms with Crippen LogP contribution >= 0.6 is 0 Å². The van der Waals surface area contributed by atoms with Crippen molar-refractivity contribution in [1.29, 1.82) is 0 Å². The largest absolute Gasteiger partial charge is 1.00 e. The van der Waals surface area contributed by atoms with Crippen molar-refractivity contribution in [2.45, 2.75) is 12.8 Å². The zero-order chi connectivity index (χ0) is 19.9. The van der Waals surface area contributed by atoms with Crippen LogP contribution in [-0.2, 0) is 22.4 Å². The van der Waals surface area contributed by atoms with Crippen molar-refractivity contribution >= 4 is 33.5 Å².